The van der Waals surface area contributed by atoms with E-state index in [1.807, 2.05) is 0 Å². The highest BCUT2D eigenvalue weighted by Gasteiger charge is 2.25. The van der Waals surface area contributed by atoms with E-state index >= 15 is 0 Å². The van der Waals surface area contributed by atoms with Crippen molar-refractivity contribution in [3.05, 3.63) is 4.60 Å². The van der Waals surface area contributed by atoms with Crippen LogP contribution < -0.4 is 4.72 Å². The van der Waals surface area contributed by atoms with Gasteiger partial charge < -0.3 is 0 Å². The number of hydrogen-bond donors (Lipinski definition) is 1. The average molecular weight is 418 g/mol. The first-order valence-electron chi connectivity index (χ1n) is 6.02. The van der Waals surface area contributed by atoms with E-state index in [9.17, 15) is 8.42 Å². The second-order valence-electron chi connectivity index (χ2n) is 4.25. The normalized spacial score (nSPS) is 14.0. The summed E-state index contributed by atoms with van der Waals surface area (Å²) in [5, 5.41) is 7.38. The number of sulfonamides is 1. The maximum atomic E-state index is 12.2. The van der Waals surface area contributed by atoms with Crippen molar-refractivity contribution in [2.24, 2.45) is 13.0 Å². The highest BCUT2D eigenvalue weighted by molar-refractivity contribution is 9.10. The van der Waals surface area contributed by atoms with Crippen molar-refractivity contribution in [3.63, 3.8) is 0 Å². The van der Waals surface area contributed by atoms with Gasteiger partial charge in [0.25, 0.3) is 10.0 Å². The first-order valence-corrected chi connectivity index (χ1v) is 9.21. The van der Waals surface area contributed by atoms with Crippen LogP contribution in [0.3, 0.4) is 0 Å². The molecule has 0 spiro atoms. The van der Waals surface area contributed by atoms with Crippen LogP contribution in [0.25, 0.3) is 0 Å². The van der Waals surface area contributed by atoms with Gasteiger partial charge in [0.2, 0.25) is 5.03 Å². The summed E-state index contributed by atoms with van der Waals surface area (Å²) in [5.41, 5.74) is 0. The first kappa shape index (κ1) is 17.1. The molecule has 1 aromatic heterocycles. The molecule has 1 rings (SSSR count). The summed E-state index contributed by atoms with van der Waals surface area (Å²) in [5.74, 6) is 0.441. The molecule has 9 heteroatoms. The fourth-order valence-corrected chi connectivity index (χ4v) is 5.11. The predicted octanol–water partition coefficient (Wildman–Crippen LogP) is 2.06. The lowest BCUT2D eigenvalue weighted by molar-refractivity contribution is 0.469. The second kappa shape index (κ2) is 7.14. The maximum Gasteiger partial charge on any atom is 0.260 e. The van der Waals surface area contributed by atoms with Crippen LogP contribution in [0.15, 0.2) is 9.63 Å². The van der Waals surface area contributed by atoms with Gasteiger partial charge in [-0.1, -0.05) is 47.8 Å². The lowest BCUT2D eigenvalue weighted by atomic mass is 10.00. The van der Waals surface area contributed by atoms with Crippen LogP contribution in [0.4, 0.5) is 0 Å². The smallest absolute Gasteiger partial charge is 0.235 e. The van der Waals surface area contributed by atoms with Crippen LogP contribution >= 0.6 is 31.9 Å². The topological polar surface area (TPSA) is 76.9 Å². The molecular formula is C10H18Br2N4O2S. The molecule has 1 atom stereocenters. The molecule has 0 aliphatic heterocycles. The van der Waals surface area contributed by atoms with Gasteiger partial charge in [0.1, 0.15) is 0 Å². The van der Waals surface area contributed by atoms with Crippen molar-refractivity contribution in [2.45, 2.75) is 36.5 Å². The van der Waals surface area contributed by atoms with Crippen molar-refractivity contribution in [1.29, 1.82) is 0 Å². The molecule has 1 unspecified atom stereocenters. The third-order valence-corrected chi connectivity index (χ3v) is 6.40. The zero-order chi connectivity index (χ0) is 14.6. The van der Waals surface area contributed by atoms with Crippen molar-refractivity contribution < 1.29 is 8.42 Å². The summed E-state index contributed by atoms with van der Waals surface area (Å²) in [6, 6.07) is 0. The van der Waals surface area contributed by atoms with E-state index in [0.717, 1.165) is 12.8 Å². The molecule has 0 saturated heterocycles. The van der Waals surface area contributed by atoms with Gasteiger partial charge in [0.15, 0.2) is 4.60 Å². The number of aryl methyl sites for hydroxylation is 1. The van der Waals surface area contributed by atoms with Crippen LogP contribution in [0.1, 0.15) is 26.7 Å². The molecule has 1 aromatic rings. The molecule has 19 heavy (non-hydrogen) atoms. The lowest BCUT2D eigenvalue weighted by Gasteiger charge is -2.19. The van der Waals surface area contributed by atoms with Crippen LogP contribution in [0, 0.1) is 5.92 Å². The number of rotatable bonds is 7. The van der Waals surface area contributed by atoms with E-state index in [4.69, 9.17) is 0 Å². The number of nitrogens with one attached hydrogen (secondary N) is 1. The number of aromatic nitrogens is 3. The Kier molecular flexibility index (Phi) is 6.41. The third-order valence-electron chi connectivity index (χ3n) is 3.02. The highest BCUT2D eigenvalue weighted by atomic mass is 79.9. The van der Waals surface area contributed by atoms with E-state index in [1.54, 1.807) is 7.05 Å². The lowest BCUT2D eigenvalue weighted by Crippen LogP contribution is -2.34. The number of hydrogen-bond acceptors (Lipinski definition) is 4. The Morgan fingerprint density at radius 3 is 2.37 bits per heavy atom. The summed E-state index contributed by atoms with van der Waals surface area (Å²) >= 11 is 6.63. The SMILES string of the molecule is CCC(CC)C(Br)CNS(=O)(=O)c1c(Br)nnn1C. The van der Waals surface area contributed by atoms with Gasteiger partial charge in [0, 0.05) is 18.4 Å². The molecule has 6 nitrogen and oxygen atoms in total. The highest BCUT2D eigenvalue weighted by Crippen LogP contribution is 2.21. The molecule has 0 aliphatic carbocycles. The quantitative estimate of drug-likeness (QED) is 0.688. The Morgan fingerprint density at radius 1 is 1.37 bits per heavy atom. The van der Waals surface area contributed by atoms with Crippen LogP contribution in [-0.4, -0.2) is 34.8 Å². The van der Waals surface area contributed by atoms with Crippen molar-refractivity contribution in [1.82, 2.24) is 19.7 Å². The average Bonchev–Trinajstić information content (AvgIpc) is 2.69. The molecule has 0 radical (unpaired) electrons. The standard InChI is InChI=1S/C10H18Br2N4O2S/c1-4-7(5-2)8(11)6-13-19(17,18)10-9(12)14-15-16(10)3/h7-8,13H,4-6H2,1-3H3. The second-order valence-corrected chi connectivity index (χ2v) is 7.86. The Balaban J connectivity index is 2.77. The van der Waals surface area contributed by atoms with Gasteiger partial charge in [-0.05, 0) is 21.8 Å². The minimum Gasteiger partial charge on any atom is -0.235 e. The Bertz CT molecular complexity index is 494. The number of alkyl halides is 1. The Morgan fingerprint density at radius 2 is 1.95 bits per heavy atom. The van der Waals surface area contributed by atoms with Gasteiger partial charge in [-0.15, -0.1) is 5.10 Å². The van der Waals surface area contributed by atoms with E-state index in [1.165, 1.54) is 4.68 Å². The van der Waals surface area contributed by atoms with E-state index in [0.29, 0.717) is 12.5 Å². The summed E-state index contributed by atoms with van der Waals surface area (Å²) < 4.78 is 28.4. The molecule has 1 heterocycles. The molecule has 1 N–H and O–H groups in total. The third kappa shape index (κ3) is 4.24. The van der Waals surface area contributed by atoms with Gasteiger partial charge in [-0.25, -0.2) is 17.8 Å². The Hall–Kier alpha value is 0.0100. The Labute approximate surface area is 130 Å². The molecule has 110 valence electrons. The predicted molar refractivity (Wildman–Crippen MR) is 80.7 cm³/mol. The summed E-state index contributed by atoms with van der Waals surface area (Å²) in [6.45, 7) is 4.53. The molecule has 0 amide bonds. The van der Waals surface area contributed by atoms with Crippen molar-refractivity contribution in [2.75, 3.05) is 6.54 Å². The fourth-order valence-electron chi connectivity index (χ4n) is 1.83. The largest absolute Gasteiger partial charge is 0.260 e. The minimum absolute atomic E-state index is 0.0387. The maximum absolute atomic E-state index is 12.2. The number of halogens is 2. The molecule has 0 saturated carbocycles. The van der Waals surface area contributed by atoms with Gasteiger partial charge in [-0.2, -0.15) is 0 Å². The molecular weight excluding hydrogens is 400 g/mol. The molecule has 0 fully saturated rings. The zero-order valence-electron chi connectivity index (χ0n) is 11.1. The molecule has 0 aliphatic rings. The monoisotopic (exact) mass is 416 g/mol. The first-order chi connectivity index (χ1) is 8.83. The number of nitrogens with zero attached hydrogens (tertiary/aromatic N) is 3. The van der Waals surface area contributed by atoms with E-state index in [-0.39, 0.29) is 14.5 Å². The van der Waals surface area contributed by atoms with Crippen molar-refractivity contribution >= 4 is 41.9 Å². The van der Waals surface area contributed by atoms with Crippen LogP contribution in [0.2, 0.25) is 0 Å². The van der Waals surface area contributed by atoms with Gasteiger partial charge in [-0.3, -0.25) is 0 Å². The van der Waals surface area contributed by atoms with E-state index in [2.05, 4.69) is 60.7 Å². The summed E-state index contributed by atoms with van der Waals surface area (Å²) in [4.78, 5) is 0.109. The zero-order valence-corrected chi connectivity index (χ0v) is 15.1. The van der Waals surface area contributed by atoms with Crippen molar-refractivity contribution in [3.8, 4) is 0 Å². The van der Waals surface area contributed by atoms with Gasteiger partial charge >= 0.3 is 0 Å². The molecule has 0 aromatic carbocycles. The van der Waals surface area contributed by atoms with E-state index < -0.39 is 10.0 Å². The molecule has 0 bridgehead atoms. The van der Waals surface area contributed by atoms with Gasteiger partial charge in [0.05, 0.1) is 0 Å². The van der Waals surface area contributed by atoms with Crippen LogP contribution in [0.5, 0.6) is 0 Å². The summed E-state index contributed by atoms with van der Waals surface area (Å²) in [6.07, 6.45) is 2.01. The minimum atomic E-state index is -3.61. The summed E-state index contributed by atoms with van der Waals surface area (Å²) in [7, 11) is -2.07. The fraction of sp³-hybridized carbons (Fsp3) is 0.800. The van der Waals surface area contributed by atoms with Crippen LogP contribution in [-0.2, 0) is 17.1 Å².